The second kappa shape index (κ2) is 6.33. The van der Waals surface area contributed by atoms with Crippen molar-refractivity contribution in [3.05, 3.63) is 28.0 Å². The van der Waals surface area contributed by atoms with Crippen molar-refractivity contribution in [2.45, 2.75) is 27.3 Å². The van der Waals surface area contributed by atoms with Crippen LogP contribution >= 0.6 is 22.9 Å². The lowest BCUT2D eigenvalue weighted by Gasteiger charge is -1.99. The Morgan fingerprint density at radius 2 is 2.15 bits per heavy atom. The maximum Gasteiger partial charge on any atom is 0.348 e. The summed E-state index contributed by atoms with van der Waals surface area (Å²) >= 11 is 7.56. The standard InChI is InChI=1S/C16H15ClN6O2S/c1-4-22-6-9(17)11(20-22)13-19-14-10-8(3)12(16(24)25-5-2)26-15(10)18-7-23(14)21-13/h6-7H,4-5H2,1-3H3. The van der Waals surface area contributed by atoms with Crippen LogP contribution in [0.15, 0.2) is 12.5 Å². The van der Waals surface area contributed by atoms with Crippen LogP contribution in [0.5, 0.6) is 0 Å². The molecule has 0 N–H and O–H groups in total. The summed E-state index contributed by atoms with van der Waals surface area (Å²) in [7, 11) is 0. The minimum Gasteiger partial charge on any atom is -0.462 e. The van der Waals surface area contributed by atoms with Gasteiger partial charge < -0.3 is 4.74 Å². The van der Waals surface area contributed by atoms with E-state index in [1.165, 1.54) is 11.3 Å². The first-order valence-corrected chi connectivity index (χ1v) is 9.27. The summed E-state index contributed by atoms with van der Waals surface area (Å²) in [5.74, 6) is 0.0652. The van der Waals surface area contributed by atoms with E-state index >= 15 is 0 Å². The first-order chi connectivity index (χ1) is 12.5. The number of rotatable bonds is 4. The summed E-state index contributed by atoms with van der Waals surface area (Å²) in [5.41, 5.74) is 1.91. The highest BCUT2D eigenvalue weighted by molar-refractivity contribution is 7.20. The molecule has 0 aliphatic carbocycles. The molecule has 0 aromatic carbocycles. The Labute approximate surface area is 157 Å². The van der Waals surface area contributed by atoms with Crippen molar-refractivity contribution >= 4 is 44.8 Å². The molecule has 0 bridgehead atoms. The summed E-state index contributed by atoms with van der Waals surface area (Å²) in [5, 5.41) is 10.1. The van der Waals surface area contributed by atoms with Crippen molar-refractivity contribution in [2.75, 3.05) is 6.61 Å². The van der Waals surface area contributed by atoms with Gasteiger partial charge in [-0.25, -0.2) is 19.3 Å². The topological polar surface area (TPSA) is 87.2 Å². The molecular weight excluding hydrogens is 376 g/mol. The van der Waals surface area contributed by atoms with Crippen LogP contribution in [0, 0.1) is 6.92 Å². The van der Waals surface area contributed by atoms with E-state index in [4.69, 9.17) is 16.3 Å². The van der Waals surface area contributed by atoms with Crippen molar-refractivity contribution in [1.29, 1.82) is 0 Å². The Morgan fingerprint density at radius 3 is 2.85 bits per heavy atom. The minimum absolute atomic E-state index is 0.322. The zero-order valence-electron chi connectivity index (χ0n) is 14.4. The normalized spacial score (nSPS) is 11.5. The molecule has 0 aliphatic rings. The van der Waals surface area contributed by atoms with Crippen LogP contribution in [0.4, 0.5) is 0 Å². The number of esters is 1. The molecule has 0 aliphatic heterocycles. The Hall–Kier alpha value is -2.52. The smallest absolute Gasteiger partial charge is 0.348 e. The predicted molar refractivity (Wildman–Crippen MR) is 98.8 cm³/mol. The molecular formula is C16H15ClN6O2S. The summed E-state index contributed by atoms with van der Waals surface area (Å²) in [6.07, 6.45) is 3.31. The third-order valence-electron chi connectivity index (χ3n) is 3.98. The second-order valence-corrected chi connectivity index (χ2v) is 6.99. The number of hydrogen-bond donors (Lipinski definition) is 0. The van der Waals surface area contributed by atoms with Gasteiger partial charge in [0.05, 0.1) is 17.0 Å². The summed E-state index contributed by atoms with van der Waals surface area (Å²) in [6, 6.07) is 0. The maximum absolute atomic E-state index is 12.2. The molecule has 4 rings (SSSR count). The van der Waals surface area contributed by atoms with Gasteiger partial charge in [-0.1, -0.05) is 11.6 Å². The number of aromatic nitrogens is 6. The number of ether oxygens (including phenoxy) is 1. The van der Waals surface area contributed by atoms with Gasteiger partial charge in [0.2, 0.25) is 5.82 Å². The minimum atomic E-state index is -0.351. The van der Waals surface area contributed by atoms with Crippen LogP contribution in [0.2, 0.25) is 5.02 Å². The number of aryl methyl sites for hydroxylation is 2. The zero-order valence-corrected chi connectivity index (χ0v) is 15.9. The molecule has 0 saturated carbocycles. The molecule has 134 valence electrons. The van der Waals surface area contributed by atoms with E-state index in [0.717, 1.165) is 10.9 Å². The second-order valence-electron chi connectivity index (χ2n) is 5.59. The molecule has 0 fully saturated rings. The number of nitrogens with zero attached hydrogens (tertiary/aromatic N) is 6. The van der Waals surface area contributed by atoms with Crippen LogP contribution in [0.3, 0.4) is 0 Å². The fraction of sp³-hybridized carbons (Fsp3) is 0.312. The fourth-order valence-corrected chi connectivity index (χ4v) is 4.01. The molecule has 10 heteroatoms. The molecule has 4 aromatic heterocycles. The molecule has 0 atom stereocenters. The number of hydrogen-bond acceptors (Lipinski definition) is 7. The summed E-state index contributed by atoms with van der Waals surface area (Å²) in [6.45, 7) is 6.64. The average Bonchev–Trinajstić information content (AvgIpc) is 3.29. The highest BCUT2D eigenvalue weighted by atomic mass is 35.5. The van der Waals surface area contributed by atoms with Gasteiger partial charge in [0, 0.05) is 12.7 Å². The van der Waals surface area contributed by atoms with E-state index in [9.17, 15) is 4.79 Å². The SMILES string of the molecule is CCOC(=O)c1sc2ncn3nc(-c4nn(CC)cc4Cl)nc3c2c1C. The first kappa shape index (κ1) is 16.9. The third-order valence-corrected chi connectivity index (χ3v) is 5.44. The van der Waals surface area contributed by atoms with E-state index in [-0.39, 0.29) is 5.97 Å². The van der Waals surface area contributed by atoms with Crippen molar-refractivity contribution < 1.29 is 9.53 Å². The summed E-state index contributed by atoms with van der Waals surface area (Å²) < 4.78 is 8.43. The van der Waals surface area contributed by atoms with Crippen molar-refractivity contribution in [3.63, 3.8) is 0 Å². The van der Waals surface area contributed by atoms with Gasteiger partial charge in [0.1, 0.15) is 16.0 Å². The number of halogens is 1. The molecule has 4 aromatic rings. The fourth-order valence-electron chi connectivity index (χ4n) is 2.74. The number of carbonyl (C=O) groups is 1. The molecule has 0 saturated heterocycles. The maximum atomic E-state index is 12.2. The largest absolute Gasteiger partial charge is 0.462 e. The Bertz CT molecular complexity index is 1140. The lowest BCUT2D eigenvalue weighted by Crippen LogP contribution is -2.03. The van der Waals surface area contributed by atoms with Gasteiger partial charge in [-0.15, -0.1) is 16.4 Å². The highest BCUT2D eigenvalue weighted by Crippen LogP contribution is 2.33. The number of thiophene rings is 1. The molecule has 4 heterocycles. The molecule has 0 amide bonds. The lowest BCUT2D eigenvalue weighted by molar-refractivity contribution is 0.0531. The van der Waals surface area contributed by atoms with Gasteiger partial charge in [-0.3, -0.25) is 4.68 Å². The van der Waals surface area contributed by atoms with Crippen LogP contribution in [0.1, 0.15) is 29.1 Å². The highest BCUT2D eigenvalue weighted by Gasteiger charge is 2.22. The molecule has 0 radical (unpaired) electrons. The van der Waals surface area contributed by atoms with Crippen molar-refractivity contribution in [3.8, 4) is 11.5 Å². The van der Waals surface area contributed by atoms with Gasteiger partial charge in [-0.2, -0.15) is 5.10 Å². The van der Waals surface area contributed by atoms with Gasteiger partial charge in [0.25, 0.3) is 0 Å². The van der Waals surface area contributed by atoms with E-state index in [1.807, 2.05) is 13.8 Å². The first-order valence-electron chi connectivity index (χ1n) is 8.08. The van der Waals surface area contributed by atoms with Crippen LogP contribution in [-0.4, -0.2) is 41.9 Å². The Balaban J connectivity index is 1.91. The van der Waals surface area contributed by atoms with Gasteiger partial charge in [-0.05, 0) is 26.3 Å². The predicted octanol–water partition coefficient (Wildman–Crippen LogP) is 3.36. The number of fused-ring (bicyclic) bond motifs is 3. The zero-order chi connectivity index (χ0) is 18.4. The Kier molecular flexibility index (Phi) is 4.12. The number of carbonyl (C=O) groups excluding carboxylic acids is 1. The quantitative estimate of drug-likeness (QED) is 0.496. The van der Waals surface area contributed by atoms with Gasteiger partial charge in [0.15, 0.2) is 11.3 Å². The molecule has 26 heavy (non-hydrogen) atoms. The van der Waals surface area contributed by atoms with Crippen molar-refractivity contribution in [2.24, 2.45) is 0 Å². The molecule has 0 unspecified atom stereocenters. The van der Waals surface area contributed by atoms with E-state index in [1.54, 1.807) is 28.6 Å². The van der Waals surface area contributed by atoms with Gasteiger partial charge >= 0.3 is 5.97 Å². The summed E-state index contributed by atoms with van der Waals surface area (Å²) in [4.78, 5) is 22.4. The monoisotopic (exact) mass is 390 g/mol. The Morgan fingerprint density at radius 1 is 1.35 bits per heavy atom. The van der Waals surface area contributed by atoms with Crippen molar-refractivity contribution in [1.82, 2.24) is 29.4 Å². The lowest BCUT2D eigenvalue weighted by atomic mass is 10.2. The average molecular weight is 391 g/mol. The van der Waals surface area contributed by atoms with E-state index in [0.29, 0.717) is 45.0 Å². The molecule has 0 spiro atoms. The third kappa shape index (κ3) is 2.55. The van der Waals surface area contributed by atoms with Crippen LogP contribution in [0.25, 0.3) is 27.4 Å². The van der Waals surface area contributed by atoms with E-state index in [2.05, 4.69) is 20.2 Å². The van der Waals surface area contributed by atoms with Crippen LogP contribution in [-0.2, 0) is 11.3 Å². The molecule has 8 nitrogen and oxygen atoms in total. The van der Waals surface area contributed by atoms with Crippen LogP contribution < -0.4 is 0 Å². The van der Waals surface area contributed by atoms with E-state index < -0.39 is 0 Å².